The van der Waals surface area contributed by atoms with Gasteiger partial charge in [0, 0.05) is 13.1 Å². The van der Waals surface area contributed by atoms with Crippen molar-refractivity contribution in [2.24, 2.45) is 0 Å². The van der Waals surface area contributed by atoms with E-state index in [0.29, 0.717) is 0 Å². The Hall–Kier alpha value is -0.370. The van der Waals surface area contributed by atoms with Gasteiger partial charge in [-0.3, -0.25) is 0 Å². The van der Waals surface area contributed by atoms with Crippen molar-refractivity contribution in [3.05, 3.63) is 11.9 Å². The molecular formula is C6H10FN. The highest BCUT2D eigenvalue weighted by Crippen LogP contribution is 2.11. The summed E-state index contributed by atoms with van der Waals surface area (Å²) in [6, 6.07) is 0. The Bertz CT molecular complexity index is 109. The molecule has 1 saturated heterocycles. The number of rotatable bonds is 0. The minimum atomic E-state index is 0.726. The molecule has 1 aliphatic heterocycles. The van der Waals surface area contributed by atoms with Gasteiger partial charge in [-0.15, -0.1) is 0 Å². The van der Waals surface area contributed by atoms with E-state index >= 15 is 0 Å². The van der Waals surface area contributed by atoms with Crippen LogP contribution in [0.2, 0.25) is 0 Å². The van der Waals surface area contributed by atoms with E-state index in [1.54, 1.807) is 0 Å². The van der Waals surface area contributed by atoms with E-state index in [0.717, 1.165) is 31.4 Å². The van der Waals surface area contributed by atoms with Gasteiger partial charge in [0.2, 0.25) is 0 Å². The zero-order chi connectivity index (χ0) is 5.98. The SMILES string of the molecule is CN1CC/C(=C/F)C1. The van der Waals surface area contributed by atoms with Crippen LogP contribution in [-0.2, 0) is 0 Å². The Kier molecular flexibility index (Phi) is 1.63. The van der Waals surface area contributed by atoms with E-state index in [1.807, 2.05) is 7.05 Å². The van der Waals surface area contributed by atoms with Crippen LogP contribution < -0.4 is 0 Å². The van der Waals surface area contributed by atoms with Crippen LogP contribution >= 0.6 is 0 Å². The summed E-state index contributed by atoms with van der Waals surface area (Å²) in [7, 11) is 2.00. The highest BCUT2D eigenvalue weighted by atomic mass is 19.1. The number of likely N-dealkylation sites (N-methyl/N-ethyl adjacent to an activating group) is 1. The van der Waals surface area contributed by atoms with Gasteiger partial charge in [0.1, 0.15) is 0 Å². The van der Waals surface area contributed by atoms with Gasteiger partial charge in [0.25, 0.3) is 0 Å². The number of likely N-dealkylation sites (tertiary alicyclic amines) is 1. The second kappa shape index (κ2) is 2.27. The van der Waals surface area contributed by atoms with E-state index < -0.39 is 0 Å². The highest BCUT2D eigenvalue weighted by Gasteiger charge is 2.10. The molecule has 1 heterocycles. The second-order valence-electron chi connectivity index (χ2n) is 2.26. The lowest BCUT2D eigenvalue weighted by Crippen LogP contribution is -2.11. The predicted molar refractivity (Wildman–Crippen MR) is 31.3 cm³/mol. The molecule has 46 valence electrons. The van der Waals surface area contributed by atoms with Crippen molar-refractivity contribution >= 4 is 0 Å². The molecule has 0 aliphatic carbocycles. The first kappa shape index (κ1) is 5.76. The molecule has 0 aromatic rings. The molecule has 0 unspecified atom stereocenters. The summed E-state index contributed by atoms with van der Waals surface area (Å²) in [5, 5.41) is 0. The maximum absolute atomic E-state index is 11.7. The summed E-state index contributed by atoms with van der Waals surface area (Å²) < 4.78 is 11.7. The molecule has 8 heavy (non-hydrogen) atoms. The van der Waals surface area contributed by atoms with Gasteiger partial charge >= 0.3 is 0 Å². The average Bonchev–Trinajstić information content (AvgIpc) is 2.14. The molecule has 0 saturated carbocycles. The van der Waals surface area contributed by atoms with E-state index in [4.69, 9.17) is 0 Å². The third-order valence-electron chi connectivity index (χ3n) is 1.44. The molecule has 0 atom stereocenters. The normalized spacial score (nSPS) is 27.5. The number of halogens is 1. The molecule has 0 spiro atoms. The molecular weight excluding hydrogens is 105 g/mol. The fourth-order valence-electron chi connectivity index (χ4n) is 0.928. The monoisotopic (exact) mass is 115 g/mol. The summed E-state index contributed by atoms with van der Waals surface area (Å²) in [4.78, 5) is 2.10. The summed E-state index contributed by atoms with van der Waals surface area (Å²) in [5.41, 5.74) is 0.924. The minimum absolute atomic E-state index is 0.726. The van der Waals surface area contributed by atoms with Crippen molar-refractivity contribution < 1.29 is 4.39 Å². The zero-order valence-corrected chi connectivity index (χ0v) is 5.02. The Morgan fingerprint density at radius 2 is 2.50 bits per heavy atom. The van der Waals surface area contributed by atoms with Crippen LogP contribution in [0.1, 0.15) is 6.42 Å². The predicted octanol–water partition coefficient (Wildman–Crippen LogP) is 1.18. The maximum atomic E-state index is 11.7. The molecule has 0 radical (unpaired) electrons. The summed E-state index contributed by atoms with van der Waals surface area (Å²) in [6.07, 6.45) is 1.64. The first-order valence-corrected chi connectivity index (χ1v) is 2.79. The molecule has 1 rings (SSSR count). The van der Waals surface area contributed by atoms with E-state index in [9.17, 15) is 4.39 Å². The van der Waals surface area contributed by atoms with Crippen LogP contribution in [0.4, 0.5) is 4.39 Å². The zero-order valence-electron chi connectivity index (χ0n) is 5.02. The molecule has 0 amide bonds. The van der Waals surface area contributed by atoms with E-state index in [1.165, 1.54) is 0 Å². The van der Waals surface area contributed by atoms with Crippen molar-refractivity contribution in [1.82, 2.24) is 4.90 Å². The molecule has 1 fully saturated rings. The molecule has 0 aromatic carbocycles. The smallest absolute Gasteiger partial charge is 0.0872 e. The van der Waals surface area contributed by atoms with Crippen LogP contribution in [0.5, 0.6) is 0 Å². The van der Waals surface area contributed by atoms with Crippen LogP contribution in [0.15, 0.2) is 11.9 Å². The Morgan fingerprint density at radius 3 is 2.75 bits per heavy atom. The van der Waals surface area contributed by atoms with Gasteiger partial charge in [-0.05, 0) is 19.0 Å². The van der Waals surface area contributed by atoms with Gasteiger partial charge in [0.15, 0.2) is 0 Å². The fraction of sp³-hybridized carbons (Fsp3) is 0.667. The van der Waals surface area contributed by atoms with E-state index in [2.05, 4.69) is 4.90 Å². The van der Waals surface area contributed by atoms with Crippen molar-refractivity contribution in [3.63, 3.8) is 0 Å². The van der Waals surface area contributed by atoms with Crippen molar-refractivity contribution in [2.45, 2.75) is 6.42 Å². The summed E-state index contributed by atoms with van der Waals surface area (Å²) in [6.45, 7) is 1.83. The van der Waals surface area contributed by atoms with Crippen molar-refractivity contribution in [3.8, 4) is 0 Å². The first-order chi connectivity index (χ1) is 3.83. The summed E-state index contributed by atoms with van der Waals surface area (Å²) >= 11 is 0. The molecule has 0 N–H and O–H groups in total. The lowest BCUT2D eigenvalue weighted by Gasteiger charge is -2.01. The molecule has 1 nitrogen and oxygen atoms in total. The highest BCUT2D eigenvalue weighted by molar-refractivity contribution is 5.05. The van der Waals surface area contributed by atoms with Crippen LogP contribution in [0, 0.1) is 0 Å². The number of hydrogen-bond acceptors (Lipinski definition) is 1. The minimum Gasteiger partial charge on any atom is -0.302 e. The van der Waals surface area contributed by atoms with Crippen LogP contribution in [0.25, 0.3) is 0 Å². The van der Waals surface area contributed by atoms with Gasteiger partial charge in [-0.25, -0.2) is 4.39 Å². The van der Waals surface area contributed by atoms with Gasteiger partial charge in [-0.2, -0.15) is 0 Å². The topological polar surface area (TPSA) is 3.24 Å². The average molecular weight is 115 g/mol. The quantitative estimate of drug-likeness (QED) is 0.458. The number of nitrogens with zero attached hydrogens (tertiary/aromatic N) is 1. The standard InChI is InChI=1S/C6H10FN/c1-8-3-2-6(4-7)5-8/h4H,2-3,5H2,1H3/b6-4-. The molecule has 0 bridgehead atoms. The molecule has 0 aromatic heterocycles. The van der Waals surface area contributed by atoms with Gasteiger partial charge in [-0.1, -0.05) is 0 Å². The lowest BCUT2D eigenvalue weighted by molar-refractivity contribution is 0.424. The Morgan fingerprint density at radius 1 is 1.75 bits per heavy atom. The fourth-order valence-corrected chi connectivity index (χ4v) is 0.928. The second-order valence-corrected chi connectivity index (χ2v) is 2.26. The van der Waals surface area contributed by atoms with Crippen molar-refractivity contribution in [1.29, 1.82) is 0 Å². The van der Waals surface area contributed by atoms with Crippen LogP contribution in [0.3, 0.4) is 0 Å². The summed E-state index contributed by atoms with van der Waals surface area (Å²) in [5.74, 6) is 0. The van der Waals surface area contributed by atoms with Gasteiger partial charge < -0.3 is 4.90 Å². The number of hydrogen-bond donors (Lipinski definition) is 0. The maximum Gasteiger partial charge on any atom is 0.0872 e. The lowest BCUT2D eigenvalue weighted by atomic mass is 10.3. The van der Waals surface area contributed by atoms with Crippen LogP contribution in [-0.4, -0.2) is 25.0 Å². The Balaban J connectivity index is 2.44. The van der Waals surface area contributed by atoms with Gasteiger partial charge in [0.05, 0.1) is 6.33 Å². The third kappa shape index (κ3) is 1.07. The van der Waals surface area contributed by atoms with E-state index in [-0.39, 0.29) is 0 Å². The first-order valence-electron chi connectivity index (χ1n) is 2.79. The molecule has 2 heteroatoms. The Labute approximate surface area is 48.8 Å². The van der Waals surface area contributed by atoms with Crippen molar-refractivity contribution in [2.75, 3.05) is 20.1 Å². The third-order valence-corrected chi connectivity index (χ3v) is 1.44. The molecule has 1 aliphatic rings. The largest absolute Gasteiger partial charge is 0.302 e.